The Kier molecular flexibility index (Phi) is 4.67. The van der Waals surface area contributed by atoms with Crippen molar-refractivity contribution >= 4 is 28.3 Å². The van der Waals surface area contributed by atoms with E-state index in [-0.39, 0.29) is 11.5 Å². The molecule has 26 heavy (non-hydrogen) atoms. The van der Waals surface area contributed by atoms with Gasteiger partial charge in [0.15, 0.2) is 5.78 Å². The summed E-state index contributed by atoms with van der Waals surface area (Å²) in [6.07, 6.45) is 5.87. The van der Waals surface area contributed by atoms with E-state index in [0.717, 1.165) is 36.2 Å². The summed E-state index contributed by atoms with van der Waals surface area (Å²) < 4.78 is 0. The van der Waals surface area contributed by atoms with Gasteiger partial charge in [-0.3, -0.25) is 4.79 Å². The SMILES string of the molecule is O=C(c1ccccc1)c1c(/N=C/c2ccccc2O)sc2c1CCCC2. The molecule has 1 aliphatic carbocycles. The molecule has 1 aliphatic rings. The summed E-state index contributed by atoms with van der Waals surface area (Å²) in [7, 11) is 0. The van der Waals surface area contributed by atoms with Gasteiger partial charge in [-0.05, 0) is 43.4 Å². The molecule has 130 valence electrons. The van der Waals surface area contributed by atoms with Crippen molar-refractivity contribution < 1.29 is 9.90 Å². The second-order valence-corrected chi connectivity index (χ2v) is 7.49. The number of nitrogens with zero attached hydrogens (tertiary/aromatic N) is 1. The number of aliphatic imine (C=N–C) groups is 1. The normalized spacial score (nSPS) is 13.7. The highest BCUT2D eigenvalue weighted by molar-refractivity contribution is 7.16. The average Bonchev–Trinajstić information content (AvgIpc) is 3.06. The number of carbonyl (C=O) groups is 1. The lowest BCUT2D eigenvalue weighted by atomic mass is 9.92. The van der Waals surface area contributed by atoms with Crippen LogP contribution in [-0.4, -0.2) is 17.1 Å². The van der Waals surface area contributed by atoms with E-state index in [1.165, 1.54) is 10.4 Å². The van der Waals surface area contributed by atoms with Gasteiger partial charge < -0.3 is 5.11 Å². The number of carbonyl (C=O) groups excluding carboxylic acids is 1. The molecule has 3 nitrogen and oxygen atoms in total. The van der Waals surface area contributed by atoms with Crippen LogP contribution in [0.25, 0.3) is 0 Å². The Morgan fingerprint density at radius 3 is 2.54 bits per heavy atom. The highest BCUT2D eigenvalue weighted by atomic mass is 32.1. The first-order valence-corrected chi connectivity index (χ1v) is 9.62. The number of phenolic OH excluding ortho intramolecular Hbond substituents is 1. The fourth-order valence-corrected chi connectivity index (χ4v) is 4.57. The molecule has 3 aromatic rings. The Balaban J connectivity index is 1.78. The van der Waals surface area contributed by atoms with Gasteiger partial charge in [0.25, 0.3) is 0 Å². The summed E-state index contributed by atoms with van der Waals surface area (Å²) in [6, 6.07) is 16.5. The first kappa shape index (κ1) is 16.7. The summed E-state index contributed by atoms with van der Waals surface area (Å²) in [5.41, 5.74) is 3.25. The number of phenols is 1. The molecule has 0 bridgehead atoms. The maximum Gasteiger partial charge on any atom is 0.196 e. The molecule has 1 heterocycles. The van der Waals surface area contributed by atoms with Crippen molar-refractivity contribution in [1.82, 2.24) is 0 Å². The molecule has 0 saturated heterocycles. The Labute approximate surface area is 156 Å². The number of hydrogen-bond donors (Lipinski definition) is 1. The van der Waals surface area contributed by atoms with Crippen LogP contribution >= 0.6 is 11.3 Å². The molecular formula is C22H19NO2S. The Morgan fingerprint density at radius 1 is 1.00 bits per heavy atom. The standard InChI is InChI=1S/C22H19NO2S/c24-18-12-6-4-10-16(18)14-23-22-20(17-11-5-7-13-19(17)26-22)21(25)15-8-2-1-3-9-15/h1-4,6,8-10,12,14,24H,5,7,11,13H2/b23-14+. The molecule has 0 aliphatic heterocycles. The monoisotopic (exact) mass is 361 g/mol. The molecule has 1 N–H and O–H groups in total. The molecule has 4 heteroatoms. The summed E-state index contributed by atoms with van der Waals surface area (Å²) in [6.45, 7) is 0. The van der Waals surface area contributed by atoms with Crippen molar-refractivity contribution in [2.24, 2.45) is 4.99 Å². The lowest BCUT2D eigenvalue weighted by Gasteiger charge is -2.12. The maximum atomic E-state index is 13.2. The second kappa shape index (κ2) is 7.26. The second-order valence-electron chi connectivity index (χ2n) is 6.40. The van der Waals surface area contributed by atoms with Crippen LogP contribution in [0.3, 0.4) is 0 Å². The summed E-state index contributed by atoms with van der Waals surface area (Å²) >= 11 is 1.61. The van der Waals surface area contributed by atoms with Crippen LogP contribution in [0.4, 0.5) is 5.00 Å². The fraction of sp³-hybridized carbons (Fsp3) is 0.182. The average molecular weight is 361 g/mol. The quantitative estimate of drug-likeness (QED) is 0.505. The van der Waals surface area contributed by atoms with Crippen molar-refractivity contribution in [3.63, 3.8) is 0 Å². The molecular weight excluding hydrogens is 342 g/mol. The maximum absolute atomic E-state index is 13.2. The zero-order valence-corrected chi connectivity index (χ0v) is 15.1. The number of thiophene rings is 1. The zero-order chi connectivity index (χ0) is 17.9. The minimum absolute atomic E-state index is 0.0365. The van der Waals surface area contributed by atoms with E-state index >= 15 is 0 Å². The van der Waals surface area contributed by atoms with E-state index < -0.39 is 0 Å². The van der Waals surface area contributed by atoms with E-state index in [1.54, 1.807) is 29.7 Å². The number of aryl methyl sites for hydroxylation is 1. The van der Waals surface area contributed by atoms with E-state index in [0.29, 0.717) is 11.1 Å². The Hall–Kier alpha value is -2.72. The van der Waals surface area contributed by atoms with Crippen molar-refractivity contribution in [3.05, 3.63) is 81.7 Å². The number of hydrogen-bond acceptors (Lipinski definition) is 4. The molecule has 0 atom stereocenters. The topological polar surface area (TPSA) is 49.7 Å². The molecule has 2 aromatic carbocycles. The summed E-state index contributed by atoms with van der Waals surface area (Å²) in [5, 5.41) is 10.7. The fourth-order valence-electron chi connectivity index (χ4n) is 3.34. The van der Waals surface area contributed by atoms with Crippen LogP contribution in [0.2, 0.25) is 0 Å². The molecule has 0 saturated carbocycles. The van der Waals surface area contributed by atoms with Gasteiger partial charge in [0, 0.05) is 22.2 Å². The summed E-state index contributed by atoms with van der Waals surface area (Å²) in [4.78, 5) is 19.0. The smallest absolute Gasteiger partial charge is 0.196 e. The van der Waals surface area contributed by atoms with Gasteiger partial charge in [-0.15, -0.1) is 11.3 Å². The summed E-state index contributed by atoms with van der Waals surface area (Å²) in [5.74, 6) is 0.225. The predicted molar refractivity (Wildman–Crippen MR) is 106 cm³/mol. The van der Waals surface area contributed by atoms with Crippen molar-refractivity contribution in [2.75, 3.05) is 0 Å². The van der Waals surface area contributed by atoms with Gasteiger partial charge in [0.2, 0.25) is 0 Å². The molecule has 0 unspecified atom stereocenters. The van der Waals surface area contributed by atoms with Crippen molar-refractivity contribution in [3.8, 4) is 5.75 Å². The van der Waals surface area contributed by atoms with Crippen molar-refractivity contribution in [2.45, 2.75) is 25.7 Å². The van der Waals surface area contributed by atoms with Crippen molar-refractivity contribution in [1.29, 1.82) is 0 Å². The van der Waals surface area contributed by atoms with E-state index in [1.807, 2.05) is 42.5 Å². The molecule has 4 rings (SSSR count). The lowest BCUT2D eigenvalue weighted by Crippen LogP contribution is -2.07. The largest absolute Gasteiger partial charge is 0.507 e. The molecule has 0 fully saturated rings. The third-order valence-electron chi connectivity index (χ3n) is 4.67. The number of benzene rings is 2. The molecule has 1 aromatic heterocycles. The third kappa shape index (κ3) is 3.20. The highest BCUT2D eigenvalue weighted by Gasteiger charge is 2.25. The van der Waals surface area contributed by atoms with Crippen LogP contribution in [0.15, 0.2) is 59.6 Å². The minimum atomic E-state index is 0.0365. The van der Waals surface area contributed by atoms with Crippen LogP contribution in [0.1, 0.15) is 44.8 Å². The van der Waals surface area contributed by atoms with Crippen LogP contribution in [-0.2, 0) is 12.8 Å². The minimum Gasteiger partial charge on any atom is -0.507 e. The first-order valence-electron chi connectivity index (χ1n) is 8.80. The van der Waals surface area contributed by atoms with Gasteiger partial charge in [-0.1, -0.05) is 42.5 Å². The first-order chi connectivity index (χ1) is 12.7. The third-order valence-corrected chi connectivity index (χ3v) is 5.87. The number of para-hydroxylation sites is 1. The Bertz CT molecular complexity index is 973. The lowest BCUT2D eigenvalue weighted by molar-refractivity contribution is 0.103. The van der Waals surface area contributed by atoms with Crippen LogP contribution < -0.4 is 0 Å². The van der Waals surface area contributed by atoms with E-state index in [4.69, 9.17) is 0 Å². The number of aromatic hydroxyl groups is 1. The number of fused-ring (bicyclic) bond motifs is 1. The van der Waals surface area contributed by atoms with Gasteiger partial charge in [0.05, 0.1) is 5.56 Å². The zero-order valence-electron chi connectivity index (χ0n) is 14.3. The molecule has 0 amide bonds. The van der Waals surface area contributed by atoms with Gasteiger partial charge in [-0.2, -0.15) is 0 Å². The highest BCUT2D eigenvalue weighted by Crippen LogP contribution is 2.41. The van der Waals surface area contributed by atoms with Gasteiger partial charge >= 0.3 is 0 Å². The van der Waals surface area contributed by atoms with Crippen LogP contribution in [0, 0.1) is 0 Å². The molecule has 0 spiro atoms. The molecule has 0 radical (unpaired) electrons. The Morgan fingerprint density at radius 2 is 1.73 bits per heavy atom. The number of rotatable bonds is 4. The van der Waals surface area contributed by atoms with E-state index in [2.05, 4.69) is 4.99 Å². The number of ketones is 1. The van der Waals surface area contributed by atoms with Gasteiger partial charge in [-0.25, -0.2) is 4.99 Å². The van der Waals surface area contributed by atoms with E-state index in [9.17, 15) is 9.90 Å². The van der Waals surface area contributed by atoms with Gasteiger partial charge in [0.1, 0.15) is 10.8 Å². The predicted octanol–water partition coefficient (Wildman–Crippen LogP) is 5.31. The van der Waals surface area contributed by atoms with Crippen LogP contribution in [0.5, 0.6) is 5.75 Å².